The number of methoxy groups -OCH3 is 1. The number of hydrogen-bond donors (Lipinski definition) is 1. The van der Waals surface area contributed by atoms with Crippen molar-refractivity contribution >= 4 is 23.2 Å². The Labute approximate surface area is 166 Å². The van der Waals surface area contributed by atoms with Crippen LogP contribution in [0, 0.1) is 6.92 Å². The first-order valence-electron chi connectivity index (χ1n) is 8.56. The maximum Gasteiger partial charge on any atom is 0.365 e. The molecule has 1 atom stereocenters. The summed E-state index contributed by atoms with van der Waals surface area (Å²) >= 11 is 5.93. The van der Waals surface area contributed by atoms with Gasteiger partial charge in [0, 0.05) is 16.3 Å². The summed E-state index contributed by atoms with van der Waals surface area (Å²) in [7, 11) is 1.58. The number of aryl methyl sites for hydroxylation is 1. The van der Waals surface area contributed by atoms with Crippen LogP contribution in [-0.2, 0) is 4.79 Å². The third kappa shape index (κ3) is 4.20. The number of ether oxygens (including phenoxy) is 1. The molecule has 1 aromatic heterocycles. The van der Waals surface area contributed by atoms with Crippen molar-refractivity contribution in [2.45, 2.75) is 19.9 Å². The van der Waals surface area contributed by atoms with Gasteiger partial charge in [-0.15, -0.1) is 0 Å². The average molecular weight is 399 g/mol. The Hall–Kier alpha value is -3.19. The van der Waals surface area contributed by atoms with E-state index in [2.05, 4.69) is 15.4 Å². The van der Waals surface area contributed by atoms with E-state index in [4.69, 9.17) is 16.3 Å². The maximum atomic E-state index is 12.5. The van der Waals surface area contributed by atoms with Crippen LogP contribution in [0.2, 0.25) is 5.02 Å². The number of hydrogen-bond acceptors (Lipinski definition) is 5. The summed E-state index contributed by atoms with van der Waals surface area (Å²) < 4.78 is 6.16. The van der Waals surface area contributed by atoms with Crippen LogP contribution in [0.25, 0.3) is 11.3 Å². The molecule has 0 aliphatic carbocycles. The normalized spacial score (nSPS) is 11.7. The highest BCUT2D eigenvalue weighted by molar-refractivity contribution is 6.30. The fourth-order valence-electron chi connectivity index (χ4n) is 2.63. The Morgan fingerprint density at radius 1 is 1.21 bits per heavy atom. The largest absolute Gasteiger partial charge is 0.497 e. The van der Waals surface area contributed by atoms with Gasteiger partial charge in [-0.05, 0) is 61.9 Å². The van der Waals surface area contributed by atoms with E-state index in [1.807, 2.05) is 6.92 Å². The van der Waals surface area contributed by atoms with Gasteiger partial charge < -0.3 is 10.1 Å². The van der Waals surface area contributed by atoms with Gasteiger partial charge in [0.2, 0.25) is 5.91 Å². The van der Waals surface area contributed by atoms with Crippen LogP contribution in [0.3, 0.4) is 0 Å². The van der Waals surface area contributed by atoms with E-state index in [9.17, 15) is 9.59 Å². The van der Waals surface area contributed by atoms with Gasteiger partial charge in [0.25, 0.3) is 0 Å². The molecule has 0 fully saturated rings. The first kappa shape index (κ1) is 19.6. The number of benzene rings is 2. The van der Waals surface area contributed by atoms with Gasteiger partial charge in [0.05, 0.1) is 19.0 Å². The Bertz CT molecular complexity index is 1060. The first-order valence-corrected chi connectivity index (χ1v) is 8.94. The van der Waals surface area contributed by atoms with Crippen molar-refractivity contribution < 1.29 is 9.53 Å². The third-order valence-corrected chi connectivity index (χ3v) is 4.53. The van der Waals surface area contributed by atoms with Crippen molar-refractivity contribution in [2.75, 3.05) is 12.4 Å². The van der Waals surface area contributed by atoms with E-state index >= 15 is 0 Å². The summed E-state index contributed by atoms with van der Waals surface area (Å²) in [5.74, 6) is 0.326. The monoisotopic (exact) mass is 398 g/mol. The summed E-state index contributed by atoms with van der Waals surface area (Å²) in [6.07, 6.45) is 1.46. The van der Waals surface area contributed by atoms with Crippen molar-refractivity contribution in [1.29, 1.82) is 0 Å². The zero-order valence-electron chi connectivity index (χ0n) is 15.6. The predicted octanol–water partition coefficient (Wildman–Crippen LogP) is 3.48. The lowest BCUT2D eigenvalue weighted by Gasteiger charge is -2.15. The molecular formula is C20H19ClN4O3. The number of aromatic nitrogens is 3. The van der Waals surface area contributed by atoms with Gasteiger partial charge in [-0.2, -0.15) is 10.1 Å². The Morgan fingerprint density at radius 2 is 1.93 bits per heavy atom. The second kappa shape index (κ2) is 8.22. The lowest BCUT2D eigenvalue weighted by molar-refractivity contribution is -0.119. The first-order chi connectivity index (χ1) is 13.4. The van der Waals surface area contributed by atoms with Crippen molar-refractivity contribution in [2.24, 2.45) is 0 Å². The Morgan fingerprint density at radius 3 is 2.54 bits per heavy atom. The van der Waals surface area contributed by atoms with Crippen LogP contribution in [-0.4, -0.2) is 27.8 Å². The number of nitrogens with zero attached hydrogens (tertiary/aromatic N) is 3. The number of rotatable bonds is 5. The molecule has 0 aliphatic rings. The Balaban J connectivity index is 1.80. The lowest BCUT2D eigenvalue weighted by atomic mass is 10.1. The number of amides is 1. The molecule has 1 heterocycles. The number of anilines is 1. The van der Waals surface area contributed by atoms with Gasteiger partial charge in [0.1, 0.15) is 11.8 Å². The molecule has 0 aliphatic heterocycles. The van der Waals surface area contributed by atoms with Crippen LogP contribution in [0.4, 0.5) is 5.69 Å². The molecular weight excluding hydrogens is 380 g/mol. The van der Waals surface area contributed by atoms with Crippen molar-refractivity contribution in [1.82, 2.24) is 14.8 Å². The molecule has 3 aromatic rings. The van der Waals surface area contributed by atoms with Crippen LogP contribution in [0.5, 0.6) is 5.75 Å². The van der Waals surface area contributed by atoms with Crippen LogP contribution in [0.1, 0.15) is 18.5 Å². The number of carbonyl (C=O) groups excluding carboxylic acids is 1. The molecule has 1 unspecified atom stereocenters. The van der Waals surface area contributed by atoms with Gasteiger partial charge in [0.15, 0.2) is 0 Å². The van der Waals surface area contributed by atoms with Gasteiger partial charge in [-0.1, -0.05) is 11.6 Å². The van der Waals surface area contributed by atoms with Crippen LogP contribution >= 0.6 is 11.6 Å². The zero-order chi connectivity index (χ0) is 20.3. The Kier molecular flexibility index (Phi) is 5.75. The highest BCUT2D eigenvalue weighted by Gasteiger charge is 2.19. The minimum atomic E-state index is -0.833. The molecule has 7 nitrogen and oxygen atoms in total. The molecule has 28 heavy (non-hydrogen) atoms. The molecule has 0 saturated heterocycles. The molecule has 0 radical (unpaired) electrons. The molecule has 0 saturated carbocycles. The van der Waals surface area contributed by atoms with E-state index in [0.29, 0.717) is 22.2 Å². The topological polar surface area (TPSA) is 86.1 Å². The fraction of sp³-hybridized carbons (Fsp3) is 0.200. The third-order valence-electron chi connectivity index (χ3n) is 4.29. The maximum absolute atomic E-state index is 12.5. The van der Waals surface area contributed by atoms with Crippen molar-refractivity contribution in [3.8, 4) is 17.0 Å². The second-order valence-corrected chi connectivity index (χ2v) is 6.66. The lowest BCUT2D eigenvalue weighted by Crippen LogP contribution is -2.35. The minimum Gasteiger partial charge on any atom is -0.497 e. The standard InChI is InChI=1S/C20H19ClN4O3/c1-12-10-15(21)6-9-17(12)23-19(26)13(2)25-20(27)24-18(11-22-25)14-4-7-16(28-3)8-5-14/h4-11,13H,1-3H3,(H,23,26). The highest BCUT2D eigenvalue weighted by atomic mass is 35.5. The summed E-state index contributed by atoms with van der Waals surface area (Å²) in [5.41, 5.74) is 1.98. The number of carbonyl (C=O) groups is 1. The van der Waals surface area contributed by atoms with E-state index in [1.165, 1.54) is 6.20 Å². The van der Waals surface area contributed by atoms with Crippen molar-refractivity contribution in [3.05, 3.63) is 69.7 Å². The van der Waals surface area contributed by atoms with E-state index < -0.39 is 11.7 Å². The molecule has 1 N–H and O–H groups in total. The molecule has 144 valence electrons. The predicted molar refractivity (Wildman–Crippen MR) is 108 cm³/mol. The number of nitrogens with one attached hydrogen (secondary N) is 1. The quantitative estimate of drug-likeness (QED) is 0.711. The molecule has 3 rings (SSSR count). The molecule has 0 bridgehead atoms. The molecule has 8 heteroatoms. The average Bonchev–Trinajstić information content (AvgIpc) is 2.69. The second-order valence-electron chi connectivity index (χ2n) is 6.22. The van der Waals surface area contributed by atoms with Gasteiger partial charge >= 0.3 is 5.69 Å². The van der Waals surface area contributed by atoms with E-state index in [1.54, 1.807) is 56.5 Å². The SMILES string of the molecule is COc1ccc(-c2cnn(C(C)C(=O)Nc3ccc(Cl)cc3C)c(=O)n2)cc1. The number of halogens is 1. The molecule has 2 aromatic carbocycles. The summed E-state index contributed by atoms with van der Waals surface area (Å²) in [6, 6.07) is 11.4. The van der Waals surface area contributed by atoms with Gasteiger partial charge in [-0.3, -0.25) is 4.79 Å². The van der Waals surface area contributed by atoms with Gasteiger partial charge in [-0.25, -0.2) is 9.48 Å². The summed E-state index contributed by atoms with van der Waals surface area (Å²) in [5, 5.41) is 7.49. The highest BCUT2D eigenvalue weighted by Crippen LogP contribution is 2.21. The summed E-state index contributed by atoms with van der Waals surface area (Å²) in [6.45, 7) is 3.42. The fourth-order valence-corrected chi connectivity index (χ4v) is 2.86. The van der Waals surface area contributed by atoms with Crippen LogP contribution < -0.4 is 15.7 Å². The smallest absolute Gasteiger partial charge is 0.365 e. The van der Waals surface area contributed by atoms with E-state index in [-0.39, 0.29) is 5.91 Å². The van der Waals surface area contributed by atoms with E-state index in [0.717, 1.165) is 15.8 Å². The summed E-state index contributed by atoms with van der Waals surface area (Å²) in [4.78, 5) is 29.0. The van der Waals surface area contributed by atoms with Crippen molar-refractivity contribution in [3.63, 3.8) is 0 Å². The van der Waals surface area contributed by atoms with Crippen LogP contribution in [0.15, 0.2) is 53.5 Å². The molecule has 0 spiro atoms. The zero-order valence-corrected chi connectivity index (χ0v) is 16.4. The molecule has 1 amide bonds. The minimum absolute atomic E-state index is 0.376.